The van der Waals surface area contributed by atoms with E-state index in [9.17, 15) is 9.59 Å². The average Bonchev–Trinajstić information content (AvgIpc) is 3.38. The van der Waals surface area contributed by atoms with Crippen LogP contribution in [0, 0.1) is 6.92 Å². The first kappa shape index (κ1) is 24.8. The number of fused-ring (bicyclic) bond motifs is 2. The average molecular weight is 509 g/mol. The SMILES string of the molecule is Cc1nc(N)c2[nH]c(=O)n(Cc3ccc4c(c3)nnn4CCN(C(=O)CCOCCN)C3CCC3)c2n1. The zero-order valence-corrected chi connectivity index (χ0v) is 20.9. The van der Waals surface area contributed by atoms with Crippen LogP contribution in [-0.2, 0) is 22.6 Å². The minimum absolute atomic E-state index is 0.0947. The number of hydrogen-bond donors (Lipinski definition) is 3. The van der Waals surface area contributed by atoms with Gasteiger partial charge in [0.25, 0.3) is 0 Å². The number of imidazole rings is 1. The van der Waals surface area contributed by atoms with Crippen molar-refractivity contribution in [2.75, 3.05) is 32.0 Å². The van der Waals surface area contributed by atoms with Crippen molar-refractivity contribution in [1.82, 2.24) is 39.4 Å². The number of carbonyl (C=O) groups is 1. The molecule has 3 aromatic heterocycles. The van der Waals surface area contributed by atoms with Gasteiger partial charge in [-0.05, 0) is 43.9 Å². The fourth-order valence-electron chi connectivity index (χ4n) is 4.68. The van der Waals surface area contributed by atoms with Gasteiger partial charge in [-0.2, -0.15) is 0 Å². The summed E-state index contributed by atoms with van der Waals surface area (Å²) in [5, 5.41) is 8.65. The molecule has 13 nitrogen and oxygen atoms in total. The number of aromatic nitrogens is 7. The molecule has 1 saturated carbocycles. The van der Waals surface area contributed by atoms with Crippen molar-refractivity contribution < 1.29 is 9.53 Å². The number of amides is 1. The Bertz CT molecular complexity index is 1470. The molecule has 5 N–H and O–H groups in total. The normalized spacial score (nSPS) is 13.9. The number of hydrogen-bond acceptors (Lipinski definition) is 9. The number of nitrogen functional groups attached to an aromatic ring is 1. The summed E-state index contributed by atoms with van der Waals surface area (Å²) < 4.78 is 8.75. The molecule has 1 fully saturated rings. The summed E-state index contributed by atoms with van der Waals surface area (Å²) in [5.41, 5.74) is 14.5. The molecule has 37 heavy (non-hydrogen) atoms. The molecule has 0 bridgehead atoms. The number of benzene rings is 1. The Hall–Kier alpha value is -3.84. The number of rotatable bonds is 11. The summed E-state index contributed by atoms with van der Waals surface area (Å²) in [5.74, 6) is 0.834. The van der Waals surface area contributed by atoms with Gasteiger partial charge in [0.2, 0.25) is 5.91 Å². The molecule has 13 heteroatoms. The van der Waals surface area contributed by atoms with E-state index in [0.29, 0.717) is 68.3 Å². The molecule has 0 radical (unpaired) electrons. The van der Waals surface area contributed by atoms with Gasteiger partial charge in [0.1, 0.15) is 16.9 Å². The second-order valence-electron chi connectivity index (χ2n) is 9.33. The summed E-state index contributed by atoms with van der Waals surface area (Å²) >= 11 is 0. The molecule has 1 aliphatic rings. The summed E-state index contributed by atoms with van der Waals surface area (Å²) in [6.45, 7) is 4.42. The van der Waals surface area contributed by atoms with E-state index in [4.69, 9.17) is 16.2 Å². The maximum Gasteiger partial charge on any atom is 0.328 e. The van der Waals surface area contributed by atoms with E-state index >= 15 is 0 Å². The Morgan fingerprint density at radius 1 is 1.27 bits per heavy atom. The summed E-state index contributed by atoms with van der Waals surface area (Å²) in [7, 11) is 0. The van der Waals surface area contributed by atoms with Gasteiger partial charge >= 0.3 is 5.69 Å². The van der Waals surface area contributed by atoms with Crippen LogP contribution in [0.2, 0.25) is 0 Å². The first-order chi connectivity index (χ1) is 17.9. The van der Waals surface area contributed by atoms with Gasteiger partial charge in [-0.3, -0.25) is 9.36 Å². The molecule has 4 aromatic rings. The zero-order valence-electron chi connectivity index (χ0n) is 20.9. The highest BCUT2D eigenvalue weighted by atomic mass is 16.5. The maximum absolute atomic E-state index is 12.8. The number of H-pyrrole nitrogens is 1. The molecule has 1 amide bonds. The quantitative estimate of drug-likeness (QED) is 0.244. The van der Waals surface area contributed by atoms with E-state index in [-0.39, 0.29) is 23.5 Å². The lowest BCUT2D eigenvalue weighted by atomic mass is 9.91. The van der Waals surface area contributed by atoms with Crippen molar-refractivity contribution in [3.63, 3.8) is 0 Å². The van der Waals surface area contributed by atoms with E-state index in [0.717, 1.165) is 30.3 Å². The van der Waals surface area contributed by atoms with Crippen LogP contribution in [-0.4, -0.2) is 77.7 Å². The van der Waals surface area contributed by atoms with E-state index in [1.165, 1.54) is 4.57 Å². The third-order valence-corrected chi connectivity index (χ3v) is 6.79. The molecule has 0 unspecified atom stereocenters. The molecule has 5 rings (SSSR count). The Balaban J connectivity index is 1.30. The highest BCUT2D eigenvalue weighted by Gasteiger charge is 2.28. The molecular formula is C24H32N10O3. The summed E-state index contributed by atoms with van der Waals surface area (Å²) in [6.07, 6.45) is 3.55. The van der Waals surface area contributed by atoms with Gasteiger partial charge in [-0.25, -0.2) is 19.4 Å². The van der Waals surface area contributed by atoms with Crippen molar-refractivity contribution in [1.29, 1.82) is 0 Å². The van der Waals surface area contributed by atoms with Gasteiger partial charge in [0, 0.05) is 19.1 Å². The highest BCUT2D eigenvalue weighted by molar-refractivity contribution is 5.81. The fraction of sp³-hybridized carbons (Fsp3) is 0.500. The highest BCUT2D eigenvalue weighted by Crippen LogP contribution is 2.26. The topological polar surface area (TPSA) is 176 Å². The number of nitrogens with one attached hydrogen (secondary N) is 1. The predicted molar refractivity (Wildman–Crippen MR) is 138 cm³/mol. The third-order valence-electron chi connectivity index (χ3n) is 6.79. The Kier molecular flexibility index (Phi) is 7.15. The number of anilines is 1. The smallest absolute Gasteiger partial charge is 0.328 e. The lowest BCUT2D eigenvalue weighted by molar-refractivity contribution is -0.136. The minimum atomic E-state index is -0.306. The largest absolute Gasteiger partial charge is 0.382 e. The molecule has 0 atom stereocenters. The molecule has 1 aromatic carbocycles. The predicted octanol–water partition coefficient (Wildman–Crippen LogP) is 0.550. The molecule has 196 valence electrons. The minimum Gasteiger partial charge on any atom is -0.382 e. The molecule has 0 aliphatic heterocycles. The number of ether oxygens (including phenoxy) is 1. The van der Waals surface area contributed by atoms with Crippen molar-refractivity contribution in [2.24, 2.45) is 5.73 Å². The monoisotopic (exact) mass is 508 g/mol. The zero-order chi connectivity index (χ0) is 25.9. The first-order valence-electron chi connectivity index (χ1n) is 12.6. The Morgan fingerprint density at radius 3 is 2.86 bits per heavy atom. The second-order valence-corrected chi connectivity index (χ2v) is 9.33. The van der Waals surface area contributed by atoms with Crippen LogP contribution in [0.3, 0.4) is 0 Å². The Morgan fingerprint density at radius 2 is 2.11 bits per heavy atom. The van der Waals surface area contributed by atoms with E-state index in [1.54, 1.807) is 6.92 Å². The molecule has 0 saturated heterocycles. The molecule has 0 spiro atoms. The fourth-order valence-corrected chi connectivity index (χ4v) is 4.68. The van der Waals surface area contributed by atoms with Gasteiger partial charge in [0.05, 0.1) is 38.2 Å². The second kappa shape index (κ2) is 10.6. The van der Waals surface area contributed by atoms with E-state index < -0.39 is 0 Å². The van der Waals surface area contributed by atoms with Crippen molar-refractivity contribution in [2.45, 2.75) is 51.7 Å². The summed E-state index contributed by atoms with van der Waals surface area (Å²) in [4.78, 5) is 38.6. The number of aryl methyl sites for hydroxylation is 1. The van der Waals surface area contributed by atoms with Gasteiger partial charge < -0.3 is 26.1 Å². The van der Waals surface area contributed by atoms with Gasteiger partial charge in [-0.1, -0.05) is 11.3 Å². The van der Waals surface area contributed by atoms with Crippen LogP contribution >= 0.6 is 0 Å². The van der Waals surface area contributed by atoms with Crippen LogP contribution in [0.4, 0.5) is 5.82 Å². The van der Waals surface area contributed by atoms with Crippen molar-refractivity contribution in [3.05, 3.63) is 40.1 Å². The van der Waals surface area contributed by atoms with Crippen LogP contribution in [0.5, 0.6) is 0 Å². The Labute approximate surface area is 212 Å². The maximum atomic E-state index is 12.8. The van der Waals surface area contributed by atoms with E-state index in [1.807, 2.05) is 27.8 Å². The van der Waals surface area contributed by atoms with Crippen LogP contribution < -0.4 is 17.2 Å². The summed E-state index contributed by atoms with van der Waals surface area (Å²) in [6, 6.07) is 6.06. The van der Waals surface area contributed by atoms with Crippen LogP contribution in [0.15, 0.2) is 23.0 Å². The molecule has 3 heterocycles. The number of aromatic amines is 1. The lowest BCUT2D eigenvalue weighted by Gasteiger charge is -2.37. The van der Waals surface area contributed by atoms with Crippen LogP contribution in [0.1, 0.15) is 37.1 Å². The number of nitrogens with zero attached hydrogens (tertiary/aromatic N) is 7. The standard InChI is InChI=1S/C24H32N10O3/c1-15-27-22(26)21-23(28-15)33(24(36)29-21)14-16-5-6-19-18(13-16)30-31-34(19)10-9-32(17-3-2-4-17)20(35)7-11-37-12-8-25/h5-6,13,17H,2-4,7-12,14,25H2,1H3,(H,29,36)(H2,26,27,28). The molecular weight excluding hydrogens is 476 g/mol. The van der Waals surface area contributed by atoms with Crippen molar-refractivity contribution in [3.8, 4) is 0 Å². The number of carbonyl (C=O) groups excluding carboxylic acids is 1. The van der Waals surface area contributed by atoms with Gasteiger partial charge in [-0.15, -0.1) is 5.10 Å². The first-order valence-corrected chi connectivity index (χ1v) is 12.6. The number of nitrogens with two attached hydrogens (primary N) is 2. The van der Waals surface area contributed by atoms with E-state index in [2.05, 4.69) is 25.3 Å². The van der Waals surface area contributed by atoms with Crippen LogP contribution in [0.25, 0.3) is 22.2 Å². The van der Waals surface area contributed by atoms with Gasteiger partial charge in [0.15, 0.2) is 11.5 Å². The third kappa shape index (κ3) is 5.18. The van der Waals surface area contributed by atoms with Crippen molar-refractivity contribution >= 4 is 33.9 Å². The molecule has 1 aliphatic carbocycles. The lowest BCUT2D eigenvalue weighted by Crippen LogP contribution is -2.46.